The maximum Gasteiger partial charge on any atom is 0.227 e. The Morgan fingerprint density at radius 1 is 1.33 bits per heavy atom. The number of aliphatic hydroxyl groups is 1. The molecule has 0 unspecified atom stereocenters. The monoisotopic (exact) mass is 356 g/mol. The van der Waals surface area contributed by atoms with E-state index in [0.29, 0.717) is 5.75 Å². The molecule has 0 bridgehead atoms. The zero-order valence-corrected chi connectivity index (χ0v) is 15.0. The Bertz CT molecular complexity index is 689. The van der Waals surface area contributed by atoms with E-state index in [1.54, 1.807) is 13.2 Å². The van der Waals surface area contributed by atoms with E-state index in [1.807, 2.05) is 18.2 Å². The fourth-order valence-corrected chi connectivity index (χ4v) is 3.93. The molecule has 0 aliphatic carbocycles. The van der Waals surface area contributed by atoms with Crippen molar-refractivity contribution in [3.05, 3.63) is 29.8 Å². The number of methoxy groups -OCH3 is 1. The fourth-order valence-electron chi connectivity index (χ4n) is 2.76. The number of β-amino-alcohol motifs (C(OH)–C–C–N with tert-alkyl or cyclic N) is 1. The normalized spacial score (nSPS) is 21.3. The van der Waals surface area contributed by atoms with E-state index in [-0.39, 0.29) is 31.2 Å². The highest BCUT2D eigenvalue weighted by atomic mass is 32.2. The second-order valence-corrected chi connectivity index (χ2v) is 8.40. The average Bonchev–Trinajstić information content (AvgIpc) is 2.88. The second-order valence-electron chi connectivity index (χ2n) is 6.18. The molecule has 0 saturated carbocycles. The SMILES string of the molecule is COc1ccccc1CC(=O)N1C[C@@H](CS(=O)(=O)N(C)C)[C@H](O)C1. The maximum atomic E-state index is 12.5. The van der Waals surface area contributed by atoms with Gasteiger partial charge >= 0.3 is 0 Å². The van der Waals surface area contributed by atoms with E-state index in [4.69, 9.17) is 4.74 Å². The molecule has 8 heteroatoms. The van der Waals surface area contributed by atoms with Crippen LogP contribution >= 0.6 is 0 Å². The summed E-state index contributed by atoms with van der Waals surface area (Å²) in [6, 6.07) is 7.26. The molecular formula is C16H24N2O5S. The Hall–Kier alpha value is -1.64. The minimum Gasteiger partial charge on any atom is -0.496 e. The van der Waals surface area contributed by atoms with Crippen molar-refractivity contribution in [3.8, 4) is 5.75 Å². The van der Waals surface area contributed by atoms with Crippen LogP contribution in [0.2, 0.25) is 0 Å². The highest BCUT2D eigenvalue weighted by Gasteiger charge is 2.37. The topological polar surface area (TPSA) is 87.2 Å². The third-order valence-electron chi connectivity index (χ3n) is 4.27. The minimum absolute atomic E-state index is 0.150. The predicted octanol–water partition coefficient (Wildman–Crippen LogP) is -0.0516. The highest BCUT2D eigenvalue weighted by molar-refractivity contribution is 7.89. The van der Waals surface area contributed by atoms with Crippen LogP contribution in [0.5, 0.6) is 5.75 Å². The van der Waals surface area contributed by atoms with Gasteiger partial charge in [-0.3, -0.25) is 4.79 Å². The number of hydrogen-bond donors (Lipinski definition) is 1. The number of nitrogens with zero attached hydrogens (tertiary/aromatic N) is 2. The van der Waals surface area contributed by atoms with Gasteiger partial charge in [0.15, 0.2) is 0 Å². The molecule has 1 fully saturated rings. The molecule has 7 nitrogen and oxygen atoms in total. The lowest BCUT2D eigenvalue weighted by atomic mass is 10.1. The summed E-state index contributed by atoms with van der Waals surface area (Å²) in [7, 11) is 1.05. The summed E-state index contributed by atoms with van der Waals surface area (Å²) in [4.78, 5) is 14.0. The molecule has 1 aliphatic rings. The largest absolute Gasteiger partial charge is 0.496 e. The van der Waals surface area contributed by atoms with Gasteiger partial charge in [0, 0.05) is 38.7 Å². The van der Waals surface area contributed by atoms with E-state index < -0.39 is 22.0 Å². The molecule has 1 heterocycles. The molecule has 1 amide bonds. The predicted molar refractivity (Wildman–Crippen MR) is 90.2 cm³/mol. The van der Waals surface area contributed by atoms with Gasteiger partial charge in [-0.05, 0) is 6.07 Å². The van der Waals surface area contributed by atoms with Crippen LogP contribution < -0.4 is 4.74 Å². The molecule has 1 saturated heterocycles. The van der Waals surface area contributed by atoms with Gasteiger partial charge < -0.3 is 14.7 Å². The molecule has 134 valence electrons. The quantitative estimate of drug-likeness (QED) is 0.772. The maximum absolute atomic E-state index is 12.5. The van der Waals surface area contributed by atoms with Crippen LogP contribution in [0, 0.1) is 5.92 Å². The number of hydrogen-bond acceptors (Lipinski definition) is 5. The summed E-state index contributed by atoms with van der Waals surface area (Å²) in [6.07, 6.45) is -0.675. The van der Waals surface area contributed by atoms with Crippen molar-refractivity contribution in [2.75, 3.05) is 40.0 Å². The van der Waals surface area contributed by atoms with Crippen molar-refractivity contribution in [1.29, 1.82) is 0 Å². The second kappa shape index (κ2) is 7.50. The number of ether oxygens (including phenoxy) is 1. The van der Waals surface area contributed by atoms with Crippen LogP contribution in [0.15, 0.2) is 24.3 Å². The fraction of sp³-hybridized carbons (Fsp3) is 0.562. The average molecular weight is 356 g/mol. The Morgan fingerprint density at radius 2 is 2.00 bits per heavy atom. The number of rotatable bonds is 6. The van der Waals surface area contributed by atoms with Gasteiger partial charge in [-0.15, -0.1) is 0 Å². The smallest absolute Gasteiger partial charge is 0.227 e. The van der Waals surface area contributed by atoms with E-state index >= 15 is 0 Å². The van der Waals surface area contributed by atoms with E-state index in [9.17, 15) is 18.3 Å². The molecule has 1 N–H and O–H groups in total. The van der Waals surface area contributed by atoms with Crippen molar-refractivity contribution in [3.63, 3.8) is 0 Å². The number of aliphatic hydroxyl groups excluding tert-OH is 1. The lowest BCUT2D eigenvalue weighted by Gasteiger charge is -2.18. The number of amides is 1. The number of carbonyl (C=O) groups excluding carboxylic acids is 1. The van der Waals surface area contributed by atoms with Crippen molar-refractivity contribution in [1.82, 2.24) is 9.21 Å². The lowest BCUT2D eigenvalue weighted by Crippen LogP contribution is -2.34. The van der Waals surface area contributed by atoms with Gasteiger partial charge in [0.2, 0.25) is 15.9 Å². The summed E-state index contributed by atoms with van der Waals surface area (Å²) >= 11 is 0. The molecule has 0 radical (unpaired) electrons. The van der Waals surface area contributed by atoms with E-state index in [1.165, 1.54) is 19.0 Å². The minimum atomic E-state index is -3.42. The van der Waals surface area contributed by atoms with Crippen LogP contribution in [0.25, 0.3) is 0 Å². The Kier molecular flexibility index (Phi) is 5.84. The molecule has 2 rings (SSSR count). The first kappa shape index (κ1) is 18.7. The third kappa shape index (κ3) is 4.25. The van der Waals surface area contributed by atoms with Crippen LogP contribution in [-0.4, -0.2) is 74.8 Å². The Balaban J connectivity index is 2.02. The Morgan fingerprint density at radius 3 is 2.62 bits per heavy atom. The van der Waals surface area contributed by atoms with Gasteiger partial charge in [0.1, 0.15) is 5.75 Å². The summed E-state index contributed by atoms with van der Waals surface area (Å²) in [5, 5.41) is 10.1. The summed E-state index contributed by atoms with van der Waals surface area (Å²) in [6.45, 7) is 0.393. The molecule has 0 spiro atoms. The molecule has 1 aromatic carbocycles. The highest BCUT2D eigenvalue weighted by Crippen LogP contribution is 2.23. The molecule has 24 heavy (non-hydrogen) atoms. The molecular weight excluding hydrogens is 332 g/mol. The third-order valence-corrected chi connectivity index (χ3v) is 6.24. The van der Waals surface area contributed by atoms with Gasteiger partial charge in [-0.25, -0.2) is 12.7 Å². The van der Waals surface area contributed by atoms with Crippen LogP contribution in [0.1, 0.15) is 5.56 Å². The summed E-state index contributed by atoms with van der Waals surface area (Å²) < 4.78 is 30.3. The lowest BCUT2D eigenvalue weighted by molar-refractivity contribution is -0.129. The van der Waals surface area contributed by atoms with Crippen LogP contribution in [-0.2, 0) is 21.2 Å². The zero-order valence-electron chi connectivity index (χ0n) is 14.2. The summed E-state index contributed by atoms with van der Waals surface area (Å²) in [5.74, 6) is -0.153. The van der Waals surface area contributed by atoms with Crippen molar-refractivity contribution < 1.29 is 23.1 Å². The number of sulfonamides is 1. The van der Waals surface area contributed by atoms with Crippen molar-refractivity contribution >= 4 is 15.9 Å². The van der Waals surface area contributed by atoms with Gasteiger partial charge in [-0.2, -0.15) is 0 Å². The number of benzene rings is 1. The van der Waals surface area contributed by atoms with E-state index in [2.05, 4.69) is 0 Å². The van der Waals surface area contributed by atoms with Gasteiger partial charge in [0.25, 0.3) is 0 Å². The number of carbonyl (C=O) groups is 1. The zero-order chi connectivity index (χ0) is 17.9. The first-order valence-electron chi connectivity index (χ1n) is 7.72. The standard InChI is InChI=1S/C16H24N2O5S/c1-17(2)24(21,22)11-13-9-18(10-14(13)19)16(20)8-12-6-4-5-7-15(12)23-3/h4-7,13-14,19H,8-11H2,1-3H3/t13-,14+/m0/s1. The molecule has 2 atom stereocenters. The molecule has 1 aromatic rings. The van der Waals surface area contributed by atoms with Crippen LogP contribution in [0.4, 0.5) is 0 Å². The van der Waals surface area contributed by atoms with Crippen molar-refractivity contribution in [2.24, 2.45) is 5.92 Å². The molecule has 1 aliphatic heterocycles. The summed E-state index contributed by atoms with van der Waals surface area (Å²) in [5.41, 5.74) is 0.767. The Labute approximate surface area is 142 Å². The van der Waals surface area contributed by atoms with Crippen molar-refractivity contribution in [2.45, 2.75) is 12.5 Å². The van der Waals surface area contributed by atoms with Crippen LogP contribution in [0.3, 0.4) is 0 Å². The number of likely N-dealkylation sites (tertiary alicyclic amines) is 1. The molecule has 0 aromatic heterocycles. The van der Waals surface area contributed by atoms with Gasteiger partial charge in [-0.1, -0.05) is 18.2 Å². The van der Waals surface area contributed by atoms with E-state index in [0.717, 1.165) is 9.87 Å². The number of para-hydroxylation sites is 1. The first-order valence-corrected chi connectivity index (χ1v) is 9.33. The van der Waals surface area contributed by atoms with Gasteiger partial charge in [0.05, 0.1) is 25.4 Å². The first-order chi connectivity index (χ1) is 11.2.